The van der Waals surface area contributed by atoms with Gasteiger partial charge in [-0.2, -0.15) is 0 Å². The molecule has 2 heterocycles. The van der Waals surface area contributed by atoms with Crippen LogP contribution in [-0.4, -0.2) is 40.9 Å². The number of fused-ring (bicyclic) bond motifs is 2. The van der Waals surface area contributed by atoms with Crippen molar-refractivity contribution in [2.45, 2.75) is 24.0 Å². The van der Waals surface area contributed by atoms with Gasteiger partial charge in [-0.1, -0.05) is 36.4 Å². The Morgan fingerprint density at radius 3 is 1.60 bits per heavy atom. The van der Waals surface area contributed by atoms with Crippen molar-refractivity contribution in [2.75, 3.05) is 0 Å². The summed E-state index contributed by atoms with van der Waals surface area (Å²) in [6.45, 7) is 0. The summed E-state index contributed by atoms with van der Waals surface area (Å²) < 4.78 is 13.0. The molecule has 0 amide bonds. The first-order chi connectivity index (χ1) is 25.0. The summed E-state index contributed by atoms with van der Waals surface area (Å²) in [6, 6.07) is 28.0. The second kappa shape index (κ2) is 12.4. The van der Waals surface area contributed by atoms with E-state index in [1.54, 1.807) is 60.7 Å². The number of rotatable bonds is 6. The number of phenolic OH excluding ortho intramolecular Hbond substituents is 8. The molecule has 4 atom stereocenters. The second-order valence-electron chi connectivity index (χ2n) is 13.0. The molecule has 0 fully saturated rings. The van der Waals surface area contributed by atoms with E-state index in [0.717, 1.165) is 5.56 Å². The predicted molar refractivity (Wildman–Crippen MR) is 191 cm³/mol. The van der Waals surface area contributed by atoms with Crippen LogP contribution in [0.4, 0.5) is 0 Å². The maximum Gasteiger partial charge on any atom is 0.138 e. The van der Waals surface area contributed by atoms with E-state index >= 15 is 0 Å². The van der Waals surface area contributed by atoms with Gasteiger partial charge in [0.15, 0.2) is 0 Å². The van der Waals surface area contributed by atoms with Crippen molar-refractivity contribution in [1.29, 1.82) is 0 Å². The second-order valence-corrected chi connectivity index (χ2v) is 13.0. The van der Waals surface area contributed by atoms with Gasteiger partial charge >= 0.3 is 0 Å². The van der Waals surface area contributed by atoms with Crippen LogP contribution in [-0.2, 0) is 0 Å². The third kappa shape index (κ3) is 5.75. The normalized spacial score (nSPS) is 18.8. The molecule has 10 nitrogen and oxygen atoms in total. The molecule has 0 aliphatic carbocycles. The minimum absolute atomic E-state index is 0.0463. The van der Waals surface area contributed by atoms with E-state index in [9.17, 15) is 40.9 Å². The quantitative estimate of drug-likeness (QED) is 0.0795. The molecule has 0 saturated heterocycles. The van der Waals surface area contributed by atoms with E-state index in [4.69, 9.17) is 9.47 Å². The molecule has 0 radical (unpaired) electrons. The summed E-state index contributed by atoms with van der Waals surface area (Å²) >= 11 is 0. The summed E-state index contributed by atoms with van der Waals surface area (Å²) in [5.41, 5.74) is 4.23. The lowest BCUT2D eigenvalue weighted by Crippen LogP contribution is -2.12. The fourth-order valence-corrected chi connectivity index (χ4v) is 7.27. The Balaban J connectivity index is 1.25. The lowest BCUT2D eigenvalue weighted by atomic mass is 9.81. The Morgan fingerprint density at radius 1 is 0.385 bits per heavy atom. The van der Waals surface area contributed by atoms with Gasteiger partial charge in [-0.25, -0.2) is 0 Å². The van der Waals surface area contributed by atoms with Crippen molar-refractivity contribution in [1.82, 2.24) is 0 Å². The van der Waals surface area contributed by atoms with Crippen LogP contribution in [0.1, 0.15) is 68.6 Å². The number of hydrogen-bond acceptors (Lipinski definition) is 10. The maximum absolute atomic E-state index is 11.8. The Bertz CT molecular complexity index is 2350. The molecular weight excluding hydrogens is 664 g/mol. The molecule has 6 aromatic rings. The topological polar surface area (TPSA) is 180 Å². The van der Waals surface area contributed by atoms with Crippen LogP contribution >= 0.6 is 0 Å². The molecule has 52 heavy (non-hydrogen) atoms. The molecule has 0 unspecified atom stereocenters. The van der Waals surface area contributed by atoms with Crippen molar-refractivity contribution in [3.63, 3.8) is 0 Å². The molecule has 2 aliphatic heterocycles. The minimum atomic E-state index is -0.950. The van der Waals surface area contributed by atoms with Gasteiger partial charge < -0.3 is 50.3 Å². The SMILES string of the molecule is Oc1ccc(C=Cc2cc(O)c3c(c2)O[C@H](c2ccc(O)cc2)[C@H]3c2cc(O)c3c(c2)O[C@H](c2ccc(O)cc2O)[C@H]3c2cc(O)cc(O)c2)cc1. The highest BCUT2D eigenvalue weighted by Crippen LogP contribution is 2.59. The zero-order valence-corrected chi connectivity index (χ0v) is 27.3. The van der Waals surface area contributed by atoms with Crippen molar-refractivity contribution < 1.29 is 50.3 Å². The van der Waals surface area contributed by atoms with Crippen LogP contribution in [0.25, 0.3) is 12.2 Å². The molecule has 260 valence electrons. The Kier molecular flexibility index (Phi) is 7.72. The Morgan fingerprint density at radius 2 is 0.923 bits per heavy atom. The highest BCUT2D eigenvalue weighted by molar-refractivity contribution is 5.73. The largest absolute Gasteiger partial charge is 0.508 e. The third-order valence-electron chi connectivity index (χ3n) is 9.57. The number of aromatic hydroxyl groups is 8. The van der Waals surface area contributed by atoms with Gasteiger partial charge in [0.25, 0.3) is 0 Å². The van der Waals surface area contributed by atoms with Crippen LogP contribution in [0, 0.1) is 0 Å². The van der Waals surface area contributed by atoms with E-state index in [2.05, 4.69) is 0 Å². The number of hydrogen-bond donors (Lipinski definition) is 8. The molecule has 0 bridgehead atoms. The lowest BCUT2D eigenvalue weighted by Gasteiger charge is -2.22. The molecule has 10 heteroatoms. The van der Waals surface area contributed by atoms with Crippen molar-refractivity contribution in [2.24, 2.45) is 0 Å². The molecule has 8 N–H and O–H groups in total. The monoisotopic (exact) mass is 696 g/mol. The summed E-state index contributed by atoms with van der Waals surface area (Å²) in [5, 5.41) is 84.7. The maximum atomic E-state index is 11.8. The van der Waals surface area contributed by atoms with E-state index < -0.39 is 24.0 Å². The predicted octanol–water partition coefficient (Wildman–Crippen LogP) is 8.03. The van der Waals surface area contributed by atoms with E-state index in [1.165, 1.54) is 48.5 Å². The zero-order valence-electron chi connectivity index (χ0n) is 27.3. The first-order valence-electron chi connectivity index (χ1n) is 16.4. The van der Waals surface area contributed by atoms with Gasteiger partial charge in [0, 0.05) is 28.8 Å². The van der Waals surface area contributed by atoms with Gasteiger partial charge in [0.2, 0.25) is 0 Å². The molecule has 6 aromatic carbocycles. The summed E-state index contributed by atoms with van der Waals surface area (Å²) in [4.78, 5) is 0. The van der Waals surface area contributed by atoms with Gasteiger partial charge in [-0.05, 0) is 101 Å². The van der Waals surface area contributed by atoms with Gasteiger partial charge in [0.05, 0.1) is 11.8 Å². The van der Waals surface area contributed by atoms with Crippen LogP contribution < -0.4 is 9.47 Å². The Labute approximate surface area is 297 Å². The fourth-order valence-electron chi connectivity index (χ4n) is 7.27. The first-order valence-corrected chi connectivity index (χ1v) is 16.4. The molecule has 2 aliphatic rings. The van der Waals surface area contributed by atoms with Gasteiger partial charge in [0.1, 0.15) is 69.7 Å². The standard InChI is InChI=1S/C42H32O10/c43-26-7-3-21(4-8-26)1-2-22-13-33(49)39-35(14-22)51-41(23-5-9-27(44)10-6-23)37(39)25-17-34(50)40-36(18-25)52-42(31-12-11-28(45)20-32(31)48)38(40)24-15-29(46)19-30(47)16-24/h1-20,37-38,41-50H/t37-,38-,41+,42+/m0/s1. The van der Waals surface area contributed by atoms with Crippen LogP contribution in [0.5, 0.6) is 57.5 Å². The minimum Gasteiger partial charge on any atom is -0.508 e. The smallest absolute Gasteiger partial charge is 0.138 e. The highest BCUT2D eigenvalue weighted by Gasteiger charge is 2.44. The fraction of sp³-hybridized carbons (Fsp3) is 0.0952. The van der Waals surface area contributed by atoms with Gasteiger partial charge in [-0.15, -0.1) is 0 Å². The van der Waals surface area contributed by atoms with E-state index in [0.29, 0.717) is 44.7 Å². The van der Waals surface area contributed by atoms with Gasteiger partial charge in [-0.3, -0.25) is 0 Å². The molecular formula is C42H32O10. The van der Waals surface area contributed by atoms with Crippen LogP contribution in [0.15, 0.2) is 109 Å². The number of ether oxygens (including phenoxy) is 2. The Hall–Kier alpha value is -6.94. The summed E-state index contributed by atoms with van der Waals surface area (Å²) in [7, 11) is 0. The molecule has 0 spiro atoms. The third-order valence-corrected chi connectivity index (χ3v) is 9.57. The van der Waals surface area contributed by atoms with Crippen molar-refractivity contribution >= 4 is 12.2 Å². The van der Waals surface area contributed by atoms with Crippen LogP contribution in [0.2, 0.25) is 0 Å². The highest BCUT2D eigenvalue weighted by atomic mass is 16.5. The lowest BCUT2D eigenvalue weighted by molar-refractivity contribution is 0.215. The van der Waals surface area contributed by atoms with E-state index in [-0.39, 0.29) is 51.7 Å². The summed E-state index contributed by atoms with van der Waals surface area (Å²) in [6.07, 6.45) is 2.00. The number of phenols is 8. The summed E-state index contributed by atoms with van der Waals surface area (Å²) in [5.74, 6) is -1.65. The number of benzene rings is 6. The molecule has 0 saturated carbocycles. The average molecular weight is 697 g/mol. The van der Waals surface area contributed by atoms with Crippen LogP contribution in [0.3, 0.4) is 0 Å². The van der Waals surface area contributed by atoms with Crippen molar-refractivity contribution in [3.8, 4) is 57.5 Å². The van der Waals surface area contributed by atoms with Crippen molar-refractivity contribution in [3.05, 3.63) is 154 Å². The first kappa shape index (κ1) is 32.3. The zero-order chi connectivity index (χ0) is 36.3. The van der Waals surface area contributed by atoms with E-state index in [1.807, 2.05) is 12.2 Å². The molecule has 0 aromatic heterocycles. The average Bonchev–Trinajstić information content (AvgIpc) is 3.68. The molecule has 8 rings (SSSR count).